The summed E-state index contributed by atoms with van der Waals surface area (Å²) < 4.78 is 28.8. The van der Waals surface area contributed by atoms with Crippen LogP contribution >= 0.6 is 11.8 Å². The van der Waals surface area contributed by atoms with Gasteiger partial charge in [0.15, 0.2) is 17.3 Å². The van der Waals surface area contributed by atoms with Crippen molar-refractivity contribution in [1.82, 2.24) is 5.01 Å². The maximum Gasteiger partial charge on any atom is 0.283 e. The number of benzene rings is 3. The second kappa shape index (κ2) is 14.1. The Morgan fingerprint density at radius 2 is 1.59 bits per heavy atom. The summed E-state index contributed by atoms with van der Waals surface area (Å²) >= 11 is 1.20. The quantitative estimate of drug-likeness (QED) is 0.174. The molecule has 0 saturated carbocycles. The fourth-order valence-electron chi connectivity index (χ4n) is 4.48. The number of aliphatic imine (C=N–C) groups is 1. The zero-order valence-electron chi connectivity index (χ0n) is 25.0. The van der Waals surface area contributed by atoms with Gasteiger partial charge in [0.05, 0.1) is 19.8 Å². The molecule has 3 aromatic rings. The van der Waals surface area contributed by atoms with Gasteiger partial charge in [-0.2, -0.15) is 15.1 Å². The highest BCUT2D eigenvalue weighted by Gasteiger charge is 2.36. The molecule has 11 heteroatoms. The number of para-hydroxylation sites is 1. The molecule has 0 bridgehead atoms. The van der Waals surface area contributed by atoms with Crippen LogP contribution in [0.25, 0.3) is 6.08 Å². The fourth-order valence-corrected chi connectivity index (χ4v) is 5.27. The predicted molar refractivity (Wildman–Crippen MR) is 173 cm³/mol. The molecule has 1 atom stereocenters. The van der Waals surface area contributed by atoms with Gasteiger partial charge in [0.25, 0.3) is 5.91 Å². The molecule has 0 aliphatic carbocycles. The lowest BCUT2D eigenvalue weighted by Gasteiger charge is -2.20. The molecular formula is C33H34N4O6S. The van der Waals surface area contributed by atoms with Gasteiger partial charge in [0.1, 0.15) is 36.4 Å². The number of nitrogens with zero attached hydrogens (tertiary/aromatic N) is 3. The van der Waals surface area contributed by atoms with Gasteiger partial charge < -0.3 is 23.7 Å². The number of amides is 1. The number of methoxy groups -OCH3 is 2. The third-order valence-corrected chi connectivity index (χ3v) is 7.94. The van der Waals surface area contributed by atoms with Crippen LogP contribution in [0, 0.1) is 5.41 Å². The van der Waals surface area contributed by atoms with Crippen LogP contribution in [-0.2, 0) is 4.79 Å². The van der Waals surface area contributed by atoms with E-state index < -0.39 is 5.91 Å². The normalized spacial score (nSPS) is 15.8. The SMILES string of the molecule is CCC(C)c1ccc(OCCOc2c(OC)cc(C=C3C(=N)N4N=C(COc5ccccc5)SC4=NC3=O)cc2OC)cc1. The zero-order chi connectivity index (χ0) is 31.1. The Balaban J connectivity index is 1.25. The van der Waals surface area contributed by atoms with Gasteiger partial charge in [-0.1, -0.05) is 44.2 Å². The van der Waals surface area contributed by atoms with Crippen molar-refractivity contribution < 1.29 is 28.5 Å². The smallest absolute Gasteiger partial charge is 0.283 e. The second-order valence-electron chi connectivity index (χ2n) is 9.95. The topological polar surface area (TPSA) is 115 Å². The number of hydrogen-bond donors (Lipinski definition) is 1. The lowest BCUT2D eigenvalue weighted by molar-refractivity contribution is -0.114. The molecule has 10 nitrogen and oxygen atoms in total. The van der Waals surface area contributed by atoms with Crippen LogP contribution in [0.15, 0.2) is 82.4 Å². The molecule has 2 heterocycles. The summed E-state index contributed by atoms with van der Waals surface area (Å²) in [4.78, 5) is 17.1. The minimum Gasteiger partial charge on any atom is -0.493 e. The van der Waals surface area contributed by atoms with Crippen LogP contribution in [-0.4, -0.2) is 61.0 Å². The molecule has 0 radical (unpaired) electrons. The third kappa shape index (κ3) is 7.05. The number of fused-ring (bicyclic) bond motifs is 1. The van der Waals surface area contributed by atoms with Crippen molar-refractivity contribution in [3.05, 3.63) is 83.4 Å². The van der Waals surface area contributed by atoms with E-state index in [4.69, 9.17) is 29.1 Å². The van der Waals surface area contributed by atoms with E-state index in [0.717, 1.165) is 12.2 Å². The summed E-state index contributed by atoms with van der Waals surface area (Å²) in [5, 5.41) is 15.4. The van der Waals surface area contributed by atoms with Gasteiger partial charge in [-0.3, -0.25) is 10.2 Å². The van der Waals surface area contributed by atoms with Gasteiger partial charge in [-0.05, 0) is 77.7 Å². The largest absolute Gasteiger partial charge is 0.493 e. The highest BCUT2D eigenvalue weighted by Crippen LogP contribution is 2.39. The van der Waals surface area contributed by atoms with Crippen molar-refractivity contribution in [1.29, 1.82) is 5.41 Å². The van der Waals surface area contributed by atoms with Crippen LogP contribution in [0.1, 0.15) is 37.3 Å². The summed E-state index contributed by atoms with van der Waals surface area (Å²) in [7, 11) is 3.04. The van der Waals surface area contributed by atoms with Gasteiger partial charge in [0, 0.05) is 0 Å². The molecule has 0 fully saturated rings. The molecule has 3 aromatic carbocycles. The zero-order valence-corrected chi connectivity index (χ0v) is 25.8. The minimum atomic E-state index is -0.540. The van der Waals surface area contributed by atoms with Gasteiger partial charge >= 0.3 is 0 Å². The van der Waals surface area contributed by atoms with Crippen molar-refractivity contribution in [3.8, 4) is 28.7 Å². The molecule has 0 spiro atoms. The van der Waals surface area contributed by atoms with E-state index in [9.17, 15) is 4.79 Å². The lowest BCUT2D eigenvalue weighted by atomic mass is 9.99. The lowest BCUT2D eigenvalue weighted by Crippen LogP contribution is -2.35. The molecule has 44 heavy (non-hydrogen) atoms. The van der Waals surface area contributed by atoms with Crippen molar-refractivity contribution in [2.75, 3.05) is 34.0 Å². The van der Waals surface area contributed by atoms with E-state index in [2.05, 4.69) is 36.1 Å². The maximum atomic E-state index is 13.0. The monoisotopic (exact) mass is 614 g/mol. The van der Waals surface area contributed by atoms with Crippen molar-refractivity contribution in [3.63, 3.8) is 0 Å². The Morgan fingerprint density at radius 1 is 0.932 bits per heavy atom. The Bertz CT molecular complexity index is 1580. The van der Waals surface area contributed by atoms with E-state index in [1.165, 1.54) is 36.6 Å². The maximum absolute atomic E-state index is 13.0. The molecule has 1 N–H and O–H groups in total. The molecular weight excluding hydrogens is 580 g/mol. The molecule has 228 valence electrons. The van der Waals surface area contributed by atoms with Crippen molar-refractivity contribution in [2.24, 2.45) is 10.1 Å². The molecule has 1 amide bonds. The van der Waals surface area contributed by atoms with Crippen LogP contribution in [0.4, 0.5) is 0 Å². The Labute approximate surface area is 260 Å². The molecule has 2 aliphatic rings. The van der Waals surface area contributed by atoms with Gasteiger partial charge in [-0.25, -0.2) is 0 Å². The third-order valence-electron chi connectivity index (χ3n) is 7.06. The second-order valence-corrected chi connectivity index (χ2v) is 11.0. The van der Waals surface area contributed by atoms with Crippen LogP contribution < -0.4 is 23.7 Å². The van der Waals surface area contributed by atoms with E-state index in [-0.39, 0.29) is 24.6 Å². The number of nitrogens with one attached hydrogen (secondary N) is 1. The van der Waals surface area contributed by atoms with Crippen molar-refractivity contribution >= 4 is 39.8 Å². The average Bonchev–Trinajstić information content (AvgIpc) is 3.47. The van der Waals surface area contributed by atoms with Crippen molar-refractivity contribution in [2.45, 2.75) is 26.2 Å². The molecule has 1 unspecified atom stereocenters. The number of hydrazone groups is 1. The average molecular weight is 615 g/mol. The number of hydrogen-bond acceptors (Lipinski definition) is 9. The minimum absolute atomic E-state index is 0.0776. The summed E-state index contributed by atoms with van der Waals surface area (Å²) in [5.74, 6) is 2.56. The Morgan fingerprint density at radius 3 is 2.25 bits per heavy atom. The number of rotatable bonds is 13. The fraction of sp³-hybridized carbons (Fsp3) is 0.273. The summed E-state index contributed by atoms with van der Waals surface area (Å²) in [6.45, 7) is 5.13. The predicted octanol–water partition coefficient (Wildman–Crippen LogP) is 6.37. The summed E-state index contributed by atoms with van der Waals surface area (Å²) in [6, 6.07) is 20.9. The standard InChI is InChI=1S/C33H34N4O6S/c1-5-21(2)23-11-13-25(14-12-23)41-15-16-42-30-27(39-3)18-22(19-28(30)40-4)17-26-31(34)37-33(35-32(26)38)44-29(36-37)20-43-24-9-7-6-8-10-24/h6-14,17-19,21,34H,5,15-16,20H2,1-4H3. The number of thioether (sulfide) groups is 1. The molecule has 0 aromatic heterocycles. The first kappa shape index (κ1) is 30.7. The van der Waals surface area contributed by atoms with E-state index in [0.29, 0.717) is 51.3 Å². The van der Waals surface area contributed by atoms with Crippen LogP contribution in [0.5, 0.6) is 28.7 Å². The molecule has 0 saturated heterocycles. The number of amidine groups is 2. The van der Waals surface area contributed by atoms with Gasteiger partial charge in [-0.15, -0.1) is 0 Å². The Hall–Kier alpha value is -4.77. The molecule has 2 aliphatic heterocycles. The first-order chi connectivity index (χ1) is 21.4. The van der Waals surface area contributed by atoms with E-state index in [1.807, 2.05) is 42.5 Å². The summed E-state index contributed by atoms with van der Waals surface area (Å²) in [5.41, 5.74) is 1.93. The first-order valence-corrected chi connectivity index (χ1v) is 15.0. The number of carbonyl (C=O) groups excluding carboxylic acids is 1. The van der Waals surface area contributed by atoms with E-state index in [1.54, 1.807) is 18.2 Å². The highest BCUT2D eigenvalue weighted by molar-refractivity contribution is 8.27. The number of carbonyl (C=O) groups is 1. The van der Waals surface area contributed by atoms with Gasteiger partial charge in [0.2, 0.25) is 10.9 Å². The summed E-state index contributed by atoms with van der Waals surface area (Å²) in [6.07, 6.45) is 2.64. The molecule has 5 rings (SSSR count). The highest BCUT2D eigenvalue weighted by atomic mass is 32.2. The first-order valence-electron chi connectivity index (χ1n) is 14.2. The van der Waals surface area contributed by atoms with Crippen LogP contribution in [0.2, 0.25) is 0 Å². The number of ether oxygens (including phenoxy) is 5. The Kier molecular flexibility index (Phi) is 9.86. The van der Waals surface area contributed by atoms with E-state index >= 15 is 0 Å². The van der Waals surface area contributed by atoms with Crippen LogP contribution in [0.3, 0.4) is 0 Å².